The van der Waals surface area contributed by atoms with Gasteiger partial charge in [0, 0.05) is 22.3 Å². The van der Waals surface area contributed by atoms with Gasteiger partial charge in [0.15, 0.2) is 0 Å². The first-order valence-electron chi connectivity index (χ1n) is 8.71. The number of fused-ring (bicyclic) bond motifs is 1. The predicted octanol–water partition coefficient (Wildman–Crippen LogP) is 3.42. The van der Waals surface area contributed by atoms with Crippen LogP contribution >= 0.6 is 11.6 Å². The zero-order valence-corrected chi connectivity index (χ0v) is 14.9. The van der Waals surface area contributed by atoms with Crippen molar-refractivity contribution in [3.8, 4) is 5.75 Å². The van der Waals surface area contributed by atoms with Gasteiger partial charge >= 0.3 is 0 Å². The number of nitrogens with one attached hydrogen (secondary N) is 2. The molecule has 1 aliphatic heterocycles. The van der Waals surface area contributed by atoms with Crippen molar-refractivity contribution in [3.63, 3.8) is 0 Å². The molecule has 1 unspecified atom stereocenters. The first-order chi connectivity index (χ1) is 12.6. The van der Waals surface area contributed by atoms with E-state index in [9.17, 15) is 9.59 Å². The van der Waals surface area contributed by atoms with Crippen LogP contribution in [0, 0.1) is 5.92 Å². The Bertz CT molecular complexity index is 847. The minimum atomic E-state index is -0.279. The van der Waals surface area contributed by atoms with Crippen LogP contribution in [-0.4, -0.2) is 24.5 Å². The van der Waals surface area contributed by atoms with E-state index in [0.29, 0.717) is 35.3 Å². The SMILES string of the molecule is O=C(NC1CC1)c1ccc(NC(=O)C2COc3ccc(Cl)cc3C2)cc1. The van der Waals surface area contributed by atoms with Crippen molar-refractivity contribution in [2.45, 2.75) is 25.3 Å². The van der Waals surface area contributed by atoms with Crippen molar-refractivity contribution in [2.75, 3.05) is 11.9 Å². The van der Waals surface area contributed by atoms with E-state index >= 15 is 0 Å². The molecule has 1 heterocycles. The van der Waals surface area contributed by atoms with E-state index in [1.54, 1.807) is 30.3 Å². The Morgan fingerprint density at radius 1 is 1.08 bits per heavy atom. The largest absolute Gasteiger partial charge is 0.492 e. The van der Waals surface area contributed by atoms with Crippen LogP contribution in [0.3, 0.4) is 0 Å². The van der Waals surface area contributed by atoms with Crippen LogP contribution in [0.25, 0.3) is 0 Å². The number of hydrogen-bond acceptors (Lipinski definition) is 3. The number of carbonyl (C=O) groups is 2. The van der Waals surface area contributed by atoms with E-state index in [-0.39, 0.29) is 17.7 Å². The lowest BCUT2D eigenvalue weighted by Crippen LogP contribution is -2.32. The topological polar surface area (TPSA) is 67.4 Å². The summed E-state index contributed by atoms with van der Waals surface area (Å²) < 4.78 is 5.67. The molecule has 0 aromatic heterocycles. The first kappa shape index (κ1) is 16.9. The Hall–Kier alpha value is -2.53. The van der Waals surface area contributed by atoms with Crippen LogP contribution in [0.4, 0.5) is 5.69 Å². The molecule has 6 heteroatoms. The Labute approximate surface area is 156 Å². The van der Waals surface area contributed by atoms with Crippen LogP contribution in [0.15, 0.2) is 42.5 Å². The fourth-order valence-corrected chi connectivity index (χ4v) is 3.17. The highest BCUT2D eigenvalue weighted by molar-refractivity contribution is 6.30. The molecule has 134 valence electrons. The Morgan fingerprint density at radius 3 is 2.58 bits per heavy atom. The predicted molar refractivity (Wildman–Crippen MR) is 99.7 cm³/mol. The van der Waals surface area contributed by atoms with Gasteiger partial charge in [-0.05, 0) is 67.3 Å². The summed E-state index contributed by atoms with van der Waals surface area (Å²) in [6.45, 7) is 0.336. The molecule has 1 aliphatic carbocycles. The number of benzene rings is 2. The van der Waals surface area contributed by atoms with Crippen molar-refractivity contribution >= 4 is 29.1 Å². The molecular formula is C20H19ClN2O3. The summed E-state index contributed by atoms with van der Waals surface area (Å²) in [6.07, 6.45) is 2.69. The van der Waals surface area contributed by atoms with Gasteiger partial charge in [0.05, 0.1) is 5.92 Å². The highest BCUT2D eigenvalue weighted by Gasteiger charge is 2.26. The minimum absolute atomic E-state index is 0.0699. The molecule has 1 fully saturated rings. The molecule has 0 spiro atoms. The number of rotatable bonds is 4. The first-order valence-corrected chi connectivity index (χ1v) is 9.09. The lowest BCUT2D eigenvalue weighted by Gasteiger charge is -2.24. The molecule has 2 N–H and O–H groups in total. The maximum absolute atomic E-state index is 12.5. The Kier molecular flexibility index (Phi) is 4.55. The lowest BCUT2D eigenvalue weighted by molar-refractivity contribution is -0.121. The summed E-state index contributed by atoms with van der Waals surface area (Å²) in [5.41, 5.74) is 2.20. The summed E-state index contributed by atoms with van der Waals surface area (Å²) in [6, 6.07) is 12.7. The van der Waals surface area contributed by atoms with Crippen LogP contribution in [-0.2, 0) is 11.2 Å². The second-order valence-corrected chi connectivity index (χ2v) is 7.21. The van der Waals surface area contributed by atoms with Gasteiger partial charge in [0.1, 0.15) is 12.4 Å². The summed E-state index contributed by atoms with van der Waals surface area (Å²) in [5.74, 6) is 0.327. The summed E-state index contributed by atoms with van der Waals surface area (Å²) in [4.78, 5) is 24.5. The van der Waals surface area contributed by atoms with Crippen LogP contribution < -0.4 is 15.4 Å². The van der Waals surface area contributed by atoms with Crippen molar-refractivity contribution in [2.24, 2.45) is 5.92 Å². The van der Waals surface area contributed by atoms with E-state index in [0.717, 1.165) is 24.2 Å². The maximum atomic E-state index is 12.5. The zero-order valence-electron chi connectivity index (χ0n) is 14.1. The van der Waals surface area contributed by atoms with Crippen molar-refractivity contribution < 1.29 is 14.3 Å². The third-order valence-corrected chi connectivity index (χ3v) is 4.86. The number of hydrogen-bond donors (Lipinski definition) is 2. The number of anilines is 1. The van der Waals surface area contributed by atoms with Gasteiger partial charge < -0.3 is 15.4 Å². The molecule has 2 amide bonds. The van der Waals surface area contributed by atoms with Gasteiger partial charge in [0.25, 0.3) is 5.91 Å². The standard InChI is InChI=1S/C20H19ClN2O3/c21-15-3-8-18-13(10-15)9-14(11-26-18)20(25)23-16-4-1-12(2-5-16)19(24)22-17-6-7-17/h1-5,8,10,14,17H,6-7,9,11H2,(H,22,24)(H,23,25). The molecule has 2 aromatic carbocycles. The molecule has 2 aromatic rings. The Balaban J connectivity index is 1.38. The second kappa shape index (κ2) is 7.00. The molecule has 0 bridgehead atoms. The zero-order chi connectivity index (χ0) is 18.1. The van der Waals surface area contributed by atoms with Gasteiger partial charge in [-0.1, -0.05) is 11.6 Å². The molecule has 4 rings (SSSR count). The van der Waals surface area contributed by atoms with Crippen molar-refractivity contribution in [3.05, 3.63) is 58.6 Å². The van der Waals surface area contributed by atoms with Gasteiger partial charge in [-0.3, -0.25) is 9.59 Å². The smallest absolute Gasteiger partial charge is 0.251 e. The van der Waals surface area contributed by atoms with Crippen LogP contribution in [0.2, 0.25) is 5.02 Å². The second-order valence-electron chi connectivity index (χ2n) is 6.78. The molecule has 0 radical (unpaired) electrons. The fourth-order valence-electron chi connectivity index (χ4n) is 2.98. The molecule has 26 heavy (non-hydrogen) atoms. The average molecular weight is 371 g/mol. The van der Waals surface area contributed by atoms with Crippen molar-refractivity contribution in [1.82, 2.24) is 5.32 Å². The lowest BCUT2D eigenvalue weighted by atomic mass is 9.96. The summed E-state index contributed by atoms with van der Waals surface area (Å²) in [7, 11) is 0. The fraction of sp³-hybridized carbons (Fsp3) is 0.300. The minimum Gasteiger partial charge on any atom is -0.492 e. The van der Waals surface area contributed by atoms with Crippen LogP contribution in [0.1, 0.15) is 28.8 Å². The summed E-state index contributed by atoms with van der Waals surface area (Å²) >= 11 is 6.02. The molecule has 2 aliphatic rings. The van der Waals surface area contributed by atoms with Gasteiger partial charge in [0.2, 0.25) is 5.91 Å². The average Bonchev–Trinajstić information content (AvgIpc) is 3.45. The molecule has 1 saturated carbocycles. The number of carbonyl (C=O) groups excluding carboxylic acids is 2. The molecule has 1 atom stereocenters. The van der Waals surface area contributed by atoms with Gasteiger partial charge in [-0.2, -0.15) is 0 Å². The highest BCUT2D eigenvalue weighted by atomic mass is 35.5. The van der Waals surface area contributed by atoms with E-state index in [1.807, 2.05) is 12.1 Å². The molecule has 5 nitrogen and oxygen atoms in total. The van der Waals surface area contributed by atoms with Crippen LogP contribution in [0.5, 0.6) is 5.75 Å². The third-order valence-electron chi connectivity index (χ3n) is 4.63. The summed E-state index contributed by atoms with van der Waals surface area (Å²) in [5, 5.41) is 6.47. The monoisotopic (exact) mass is 370 g/mol. The van der Waals surface area contributed by atoms with Crippen molar-refractivity contribution in [1.29, 1.82) is 0 Å². The van der Waals surface area contributed by atoms with Gasteiger partial charge in [-0.25, -0.2) is 0 Å². The Morgan fingerprint density at radius 2 is 1.85 bits per heavy atom. The maximum Gasteiger partial charge on any atom is 0.251 e. The highest BCUT2D eigenvalue weighted by Crippen LogP contribution is 2.30. The van der Waals surface area contributed by atoms with E-state index in [2.05, 4.69) is 10.6 Å². The van der Waals surface area contributed by atoms with E-state index in [1.165, 1.54) is 0 Å². The van der Waals surface area contributed by atoms with Gasteiger partial charge in [-0.15, -0.1) is 0 Å². The number of halogens is 1. The number of ether oxygens (including phenoxy) is 1. The third kappa shape index (κ3) is 3.83. The van der Waals surface area contributed by atoms with E-state index in [4.69, 9.17) is 16.3 Å². The normalized spacial score (nSPS) is 18.4. The number of amides is 2. The van der Waals surface area contributed by atoms with E-state index < -0.39 is 0 Å². The molecule has 0 saturated heterocycles. The quantitative estimate of drug-likeness (QED) is 0.866. The molecular weight excluding hydrogens is 352 g/mol.